The third kappa shape index (κ3) is 4.18. The second kappa shape index (κ2) is 6.08. The molecule has 0 aromatic carbocycles. The van der Waals surface area contributed by atoms with Crippen molar-refractivity contribution < 1.29 is 4.79 Å². The Labute approximate surface area is 92.4 Å². The molecule has 0 spiro atoms. The van der Waals surface area contributed by atoms with Crippen LogP contribution >= 0.6 is 0 Å². The van der Waals surface area contributed by atoms with E-state index < -0.39 is 0 Å². The minimum atomic E-state index is 0.0707. The highest BCUT2D eigenvalue weighted by Gasteiger charge is 2.18. The number of likely N-dealkylation sites (N-methyl/N-ethyl adjacent to an activating group) is 1. The molecule has 1 rings (SSSR count). The predicted octanol–water partition coefficient (Wildman–Crippen LogP) is 0.0523. The minimum absolute atomic E-state index is 0.0707. The lowest BCUT2D eigenvalue weighted by atomic mass is 10.1. The van der Waals surface area contributed by atoms with Crippen LogP contribution in [0, 0.1) is 5.92 Å². The Morgan fingerprint density at radius 2 is 2.40 bits per heavy atom. The van der Waals surface area contributed by atoms with Gasteiger partial charge in [-0.15, -0.1) is 0 Å². The summed E-state index contributed by atoms with van der Waals surface area (Å²) < 4.78 is 0. The van der Waals surface area contributed by atoms with E-state index in [9.17, 15) is 4.79 Å². The number of amides is 1. The largest absolute Gasteiger partial charge is 0.359 e. The fraction of sp³-hybridized carbons (Fsp3) is 0.909. The van der Waals surface area contributed by atoms with Crippen LogP contribution in [0.15, 0.2) is 0 Å². The molecule has 2 unspecified atom stereocenters. The Morgan fingerprint density at radius 3 is 2.93 bits per heavy atom. The van der Waals surface area contributed by atoms with Crippen molar-refractivity contribution in [2.24, 2.45) is 5.92 Å². The molecule has 0 aromatic rings. The lowest BCUT2D eigenvalue weighted by Gasteiger charge is -2.23. The molecule has 4 heteroatoms. The Kier molecular flexibility index (Phi) is 5.05. The van der Waals surface area contributed by atoms with Crippen molar-refractivity contribution in [3.8, 4) is 0 Å². The first kappa shape index (κ1) is 12.5. The number of hydrogen-bond donors (Lipinski definition) is 2. The number of carbonyl (C=O) groups is 1. The molecule has 2 N–H and O–H groups in total. The number of carbonyl (C=O) groups excluding carboxylic acids is 1. The summed E-state index contributed by atoms with van der Waals surface area (Å²) in [4.78, 5) is 13.6. The Hall–Kier alpha value is -0.610. The van der Waals surface area contributed by atoms with Crippen LogP contribution in [-0.4, -0.2) is 50.6 Å². The quantitative estimate of drug-likeness (QED) is 0.678. The van der Waals surface area contributed by atoms with Crippen molar-refractivity contribution in [2.45, 2.75) is 25.8 Å². The average molecular weight is 213 g/mol. The summed E-state index contributed by atoms with van der Waals surface area (Å²) in [7, 11) is 3.77. The van der Waals surface area contributed by atoms with Gasteiger partial charge in [0.15, 0.2) is 0 Å². The van der Waals surface area contributed by atoms with E-state index >= 15 is 0 Å². The highest BCUT2D eigenvalue weighted by atomic mass is 16.1. The topological polar surface area (TPSA) is 44.4 Å². The molecule has 1 aliphatic rings. The van der Waals surface area contributed by atoms with E-state index in [-0.39, 0.29) is 11.8 Å². The van der Waals surface area contributed by atoms with E-state index in [1.165, 1.54) is 12.8 Å². The summed E-state index contributed by atoms with van der Waals surface area (Å²) in [5, 5.41) is 6.14. The van der Waals surface area contributed by atoms with Gasteiger partial charge in [-0.1, -0.05) is 6.92 Å². The maximum atomic E-state index is 11.3. The Bertz CT molecular complexity index is 202. The molecule has 1 aliphatic heterocycles. The Balaban J connectivity index is 2.22. The van der Waals surface area contributed by atoms with Crippen LogP contribution in [0.25, 0.3) is 0 Å². The van der Waals surface area contributed by atoms with Crippen molar-refractivity contribution in [1.82, 2.24) is 15.5 Å². The second-order valence-electron chi connectivity index (χ2n) is 4.53. The van der Waals surface area contributed by atoms with Crippen LogP contribution in [0.1, 0.15) is 19.8 Å². The maximum absolute atomic E-state index is 11.3. The zero-order valence-corrected chi connectivity index (χ0v) is 10.0. The van der Waals surface area contributed by atoms with Gasteiger partial charge in [0.25, 0.3) is 0 Å². The Morgan fingerprint density at radius 1 is 1.67 bits per heavy atom. The first-order valence-electron chi connectivity index (χ1n) is 5.77. The fourth-order valence-electron chi connectivity index (χ4n) is 2.16. The first-order chi connectivity index (χ1) is 7.13. The molecule has 4 nitrogen and oxygen atoms in total. The predicted molar refractivity (Wildman–Crippen MR) is 61.8 cm³/mol. The highest BCUT2D eigenvalue weighted by molar-refractivity contribution is 5.78. The fourth-order valence-corrected chi connectivity index (χ4v) is 2.16. The van der Waals surface area contributed by atoms with Crippen molar-refractivity contribution in [3.05, 3.63) is 0 Å². The van der Waals surface area contributed by atoms with Gasteiger partial charge >= 0.3 is 0 Å². The average Bonchev–Trinajstić information content (AvgIpc) is 2.68. The molecule has 0 aliphatic carbocycles. The van der Waals surface area contributed by atoms with Crippen LogP contribution in [0.4, 0.5) is 0 Å². The smallest absolute Gasteiger partial charge is 0.223 e. The number of nitrogens with one attached hydrogen (secondary N) is 2. The molecule has 0 bridgehead atoms. The van der Waals surface area contributed by atoms with Crippen molar-refractivity contribution in [1.29, 1.82) is 0 Å². The van der Waals surface area contributed by atoms with Crippen LogP contribution < -0.4 is 10.6 Å². The molecule has 15 heavy (non-hydrogen) atoms. The standard InChI is InChI=1S/C11H23N3O/c1-9(11(15)12-2)7-14(3)8-10-5-4-6-13-10/h9-10,13H,4-8H2,1-3H3,(H,12,15). The van der Waals surface area contributed by atoms with Gasteiger partial charge in [0.1, 0.15) is 0 Å². The van der Waals surface area contributed by atoms with Gasteiger partial charge in [-0.25, -0.2) is 0 Å². The van der Waals surface area contributed by atoms with Crippen LogP contribution in [0.2, 0.25) is 0 Å². The molecule has 1 amide bonds. The van der Waals surface area contributed by atoms with Gasteiger partial charge in [0, 0.05) is 32.1 Å². The molecular weight excluding hydrogens is 190 g/mol. The summed E-state index contributed by atoms with van der Waals surface area (Å²) in [5.74, 6) is 0.197. The van der Waals surface area contributed by atoms with Crippen LogP contribution in [-0.2, 0) is 4.79 Å². The summed E-state index contributed by atoms with van der Waals surface area (Å²) in [6.07, 6.45) is 2.54. The molecule has 88 valence electrons. The lowest BCUT2D eigenvalue weighted by molar-refractivity contribution is -0.124. The van der Waals surface area contributed by atoms with E-state index in [1.54, 1.807) is 7.05 Å². The summed E-state index contributed by atoms with van der Waals surface area (Å²) in [6.45, 7) is 4.99. The van der Waals surface area contributed by atoms with Gasteiger partial charge in [0.05, 0.1) is 0 Å². The van der Waals surface area contributed by atoms with E-state index in [0.717, 1.165) is 19.6 Å². The van der Waals surface area contributed by atoms with E-state index in [2.05, 4.69) is 22.6 Å². The zero-order chi connectivity index (χ0) is 11.3. The van der Waals surface area contributed by atoms with E-state index in [4.69, 9.17) is 0 Å². The van der Waals surface area contributed by atoms with Gasteiger partial charge < -0.3 is 15.5 Å². The SMILES string of the molecule is CNC(=O)C(C)CN(C)CC1CCCN1. The molecule has 1 saturated heterocycles. The summed E-state index contributed by atoms with van der Waals surface area (Å²) >= 11 is 0. The second-order valence-corrected chi connectivity index (χ2v) is 4.53. The summed E-state index contributed by atoms with van der Waals surface area (Å²) in [5.41, 5.74) is 0. The van der Waals surface area contributed by atoms with Gasteiger partial charge in [-0.3, -0.25) is 4.79 Å². The van der Waals surface area contributed by atoms with Gasteiger partial charge in [0.2, 0.25) is 5.91 Å². The number of rotatable bonds is 5. The normalized spacial score (nSPS) is 23.1. The van der Waals surface area contributed by atoms with Crippen molar-refractivity contribution >= 4 is 5.91 Å². The monoisotopic (exact) mass is 213 g/mol. The van der Waals surface area contributed by atoms with E-state index in [0.29, 0.717) is 6.04 Å². The summed E-state index contributed by atoms with van der Waals surface area (Å²) in [6, 6.07) is 0.617. The first-order valence-corrected chi connectivity index (χ1v) is 5.77. The minimum Gasteiger partial charge on any atom is -0.359 e. The number of hydrogen-bond acceptors (Lipinski definition) is 3. The molecule has 0 saturated carbocycles. The van der Waals surface area contributed by atoms with Crippen LogP contribution in [0.5, 0.6) is 0 Å². The molecule has 0 radical (unpaired) electrons. The molecule has 1 fully saturated rings. The highest BCUT2D eigenvalue weighted by Crippen LogP contribution is 2.07. The zero-order valence-electron chi connectivity index (χ0n) is 10.0. The molecule has 0 aromatic heterocycles. The molecular formula is C11H23N3O. The third-order valence-corrected chi connectivity index (χ3v) is 2.97. The van der Waals surface area contributed by atoms with E-state index in [1.807, 2.05) is 6.92 Å². The van der Waals surface area contributed by atoms with Gasteiger partial charge in [-0.05, 0) is 26.4 Å². The van der Waals surface area contributed by atoms with Gasteiger partial charge in [-0.2, -0.15) is 0 Å². The van der Waals surface area contributed by atoms with Crippen molar-refractivity contribution in [2.75, 3.05) is 33.7 Å². The van der Waals surface area contributed by atoms with Crippen molar-refractivity contribution in [3.63, 3.8) is 0 Å². The number of nitrogens with zero attached hydrogens (tertiary/aromatic N) is 1. The van der Waals surface area contributed by atoms with Crippen LogP contribution in [0.3, 0.4) is 0 Å². The molecule has 1 heterocycles. The lowest BCUT2D eigenvalue weighted by Crippen LogP contribution is -2.40. The molecule has 2 atom stereocenters. The maximum Gasteiger partial charge on any atom is 0.223 e. The third-order valence-electron chi connectivity index (χ3n) is 2.97.